The maximum Gasteiger partial charge on any atom is 0.262 e. The van der Waals surface area contributed by atoms with E-state index < -0.39 is 29.7 Å². The van der Waals surface area contributed by atoms with E-state index in [1.165, 1.54) is 0 Å². The number of carbonyl (C=O) groups excluding carboxylic acids is 6. The average Bonchev–Trinajstić information content (AvgIpc) is 3.74. The van der Waals surface area contributed by atoms with Gasteiger partial charge in [-0.2, -0.15) is 5.26 Å². The van der Waals surface area contributed by atoms with Crippen molar-refractivity contribution in [1.29, 1.82) is 5.26 Å². The fraction of sp³-hybridized carbons (Fsp3) is 0.457. The molecule has 4 fully saturated rings. The van der Waals surface area contributed by atoms with Crippen molar-refractivity contribution in [3.8, 4) is 11.8 Å². The molecule has 4 unspecified atom stereocenters. The number of nitrogens with one attached hydrogen (secondary N) is 1. The smallest absolute Gasteiger partial charge is 0.262 e. The van der Waals surface area contributed by atoms with Crippen molar-refractivity contribution in [3.05, 3.63) is 93.5 Å². The van der Waals surface area contributed by atoms with Crippen LogP contribution in [0.4, 0.5) is 5.69 Å². The Morgan fingerprint density at radius 2 is 1.52 bits per heavy atom. The minimum Gasteiger partial charge on any atom is -0.491 e. The van der Waals surface area contributed by atoms with E-state index >= 15 is 0 Å². The molecular weight excluding hydrogens is 798 g/mol. The van der Waals surface area contributed by atoms with Crippen LogP contribution in [0.5, 0.6) is 5.75 Å². The van der Waals surface area contributed by atoms with Crippen LogP contribution in [-0.2, 0) is 9.59 Å². The molecule has 8 rings (SSSR count). The number of carbonyl (C=O) groups is 6. The second-order valence-corrected chi connectivity index (χ2v) is 17.4. The summed E-state index contributed by atoms with van der Waals surface area (Å²) >= 11 is 6.20. The lowest BCUT2D eigenvalue weighted by atomic mass is 9.95. The normalized spacial score (nSPS) is 22.9. The molecule has 5 aliphatic heterocycles. The monoisotopic (exact) mass is 847 g/mol. The third kappa shape index (κ3) is 8.72. The Morgan fingerprint density at radius 1 is 0.836 bits per heavy atom. The summed E-state index contributed by atoms with van der Waals surface area (Å²) in [4.78, 5) is 87.4. The zero-order valence-electron chi connectivity index (χ0n) is 34.5. The van der Waals surface area contributed by atoms with Crippen molar-refractivity contribution >= 4 is 52.7 Å². The van der Waals surface area contributed by atoms with Gasteiger partial charge >= 0.3 is 0 Å². The predicted octanol–water partition coefficient (Wildman–Crippen LogP) is 5.14. The van der Waals surface area contributed by atoms with Crippen LogP contribution in [0.15, 0.2) is 60.7 Å². The molecular formula is C46H50ClN7O7. The van der Waals surface area contributed by atoms with Crippen LogP contribution in [0.3, 0.4) is 0 Å². The quantitative estimate of drug-likeness (QED) is 0.271. The Labute approximate surface area is 360 Å². The number of hydrogen-bond acceptors (Lipinski definition) is 10. The molecule has 1 N–H and O–H groups in total. The number of imide groups is 2. The Hall–Kier alpha value is -5.78. The summed E-state index contributed by atoms with van der Waals surface area (Å²) in [6.45, 7) is 9.39. The molecule has 0 aliphatic carbocycles. The summed E-state index contributed by atoms with van der Waals surface area (Å²) in [6, 6.07) is 18.5. The third-order valence-electron chi connectivity index (χ3n) is 13.0. The van der Waals surface area contributed by atoms with Gasteiger partial charge in [-0.05, 0) is 106 Å². The fourth-order valence-electron chi connectivity index (χ4n) is 9.61. The number of nitrogens with zero attached hydrogens (tertiary/aromatic N) is 6. The highest BCUT2D eigenvalue weighted by molar-refractivity contribution is 6.31. The first-order valence-corrected chi connectivity index (χ1v) is 21.7. The van der Waals surface area contributed by atoms with E-state index in [0.717, 1.165) is 69.0 Å². The molecule has 0 spiro atoms. The van der Waals surface area contributed by atoms with Crippen molar-refractivity contribution < 1.29 is 33.5 Å². The number of amides is 6. The fourth-order valence-corrected chi connectivity index (χ4v) is 9.82. The minimum atomic E-state index is -0.988. The highest BCUT2D eigenvalue weighted by atomic mass is 35.5. The lowest BCUT2D eigenvalue weighted by molar-refractivity contribution is -0.136. The molecule has 4 saturated heterocycles. The Morgan fingerprint density at radius 3 is 2.20 bits per heavy atom. The molecule has 14 nitrogen and oxygen atoms in total. The molecule has 3 aromatic rings. The highest BCUT2D eigenvalue weighted by Gasteiger charge is 2.45. The van der Waals surface area contributed by atoms with Gasteiger partial charge in [-0.3, -0.25) is 43.9 Å². The minimum absolute atomic E-state index is 0.00265. The average molecular weight is 848 g/mol. The van der Waals surface area contributed by atoms with E-state index in [9.17, 15) is 28.8 Å². The number of likely N-dealkylation sites (tertiary alicyclic amines) is 1. The van der Waals surface area contributed by atoms with Crippen LogP contribution in [0.2, 0.25) is 5.02 Å². The molecule has 15 heteroatoms. The number of rotatable bonds is 10. The maximum atomic E-state index is 13.8. The van der Waals surface area contributed by atoms with Gasteiger partial charge in [0, 0.05) is 93.6 Å². The number of piperidine rings is 2. The molecule has 0 bridgehead atoms. The van der Waals surface area contributed by atoms with Gasteiger partial charge in [0.05, 0.1) is 27.8 Å². The third-order valence-corrected chi connectivity index (χ3v) is 13.3. The van der Waals surface area contributed by atoms with Crippen LogP contribution < -0.4 is 15.0 Å². The largest absolute Gasteiger partial charge is 0.491 e. The van der Waals surface area contributed by atoms with Crippen molar-refractivity contribution in [2.75, 3.05) is 50.7 Å². The lowest BCUT2D eigenvalue weighted by Crippen LogP contribution is -2.54. The van der Waals surface area contributed by atoms with Gasteiger partial charge in [-0.25, -0.2) is 0 Å². The van der Waals surface area contributed by atoms with Gasteiger partial charge in [-0.1, -0.05) is 11.6 Å². The number of fused-ring (bicyclic) bond motifs is 1. The number of halogens is 1. The zero-order valence-corrected chi connectivity index (χ0v) is 35.2. The van der Waals surface area contributed by atoms with E-state index in [-0.39, 0.29) is 54.0 Å². The van der Waals surface area contributed by atoms with Crippen LogP contribution in [0, 0.1) is 17.2 Å². The number of anilines is 1. The van der Waals surface area contributed by atoms with Gasteiger partial charge in [0.15, 0.2) is 0 Å². The van der Waals surface area contributed by atoms with E-state index in [1.807, 2.05) is 22.8 Å². The first-order valence-electron chi connectivity index (χ1n) is 21.3. The number of piperazine rings is 1. The van der Waals surface area contributed by atoms with Crippen LogP contribution in [0.25, 0.3) is 0 Å². The van der Waals surface area contributed by atoms with E-state index in [2.05, 4.69) is 28.1 Å². The SMILES string of the molecule is CC(CC1CCC(C)N1C(=O)c1ccc(C(=O)N2CCN(CC3CCN(c4ccc5c(c4)C(=O)N(C4CCC(=O)NC4=O)C5=O)CC3)CC2)cc1)Oc1ccc(C#N)c(Cl)c1. The topological polar surface area (TPSA) is 164 Å². The summed E-state index contributed by atoms with van der Waals surface area (Å²) in [5, 5.41) is 11.7. The summed E-state index contributed by atoms with van der Waals surface area (Å²) in [6.07, 6.45) is 4.36. The Bertz CT molecular complexity index is 2280. The highest BCUT2D eigenvalue weighted by Crippen LogP contribution is 2.34. The molecule has 5 heterocycles. The summed E-state index contributed by atoms with van der Waals surface area (Å²) in [5.74, 6) is -1.05. The van der Waals surface area contributed by atoms with E-state index in [1.54, 1.807) is 54.6 Å². The molecule has 61 heavy (non-hydrogen) atoms. The Kier molecular flexibility index (Phi) is 12.1. The number of hydrogen-bond donors (Lipinski definition) is 1. The van der Waals surface area contributed by atoms with Crippen molar-refractivity contribution in [1.82, 2.24) is 24.9 Å². The maximum absolute atomic E-state index is 13.8. The zero-order chi connectivity index (χ0) is 42.9. The van der Waals surface area contributed by atoms with E-state index in [0.29, 0.717) is 52.9 Å². The van der Waals surface area contributed by atoms with Gasteiger partial charge in [0.1, 0.15) is 17.9 Å². The van der Waals surface area contributed by atoms with Gasteiger partial charge < -0.3 is 19.4 Å². The molecule has 4 atom stereocenters. The van der Waals surface area contributed by atoms with Gasteiger partial charge in [0.25, 0.3) is 23.6 Å². The molecule has 3 aromatic carbocycles. The van der Waals surface area contributed by atoms with E-state index in [4.69, 9.17) is 21.6 Å². The molecule has 318 valence electrons. The molecule has 5 aliphatic rings. The second-order valence-electron chi connectivity index (χ2n) is 17.0. The number of nitriles is 1. The van der Waals surface area contributed by atoms with Crippen LogP contribution >= 0.6 is 11.6 Å². The molecule has 6 amide bonds. The second kappa shape index (κ2) is 17.7. The van der Waals surface area contributed by atoms with Crippen molar-refractivity contribution in [3.63, 3.8) is 0 Å². The molecule has 0 saturated carbocycles. The first kappa shape index (κ1) is 41.9. The molecule has 0 radical (unpaired) electrons. The van der Waals surface area contributed by atoms with Crippen molar-refractivity contribution in [2.45, 2.75) is 83.0 Å². The van der Waals surface area contributed by atoms with Crippen molar-refractivity contribution in [2.24, 2.45) is 5.92 Å². The van der Waals surface area contributed by atoms with Gasteiger partial charge in [0.2, 0.25) is 11.8 Å². The summed E-state index contributed by atoms with van der Waals surface area (Å²) in [7, 11) is 0. The lowest BCUT2D eigenvalue weighted by Gasteiger charge is -2.39. The first-order chi connectivity index (χ1) is 29.4. The molecule has 0 aromatic heterocycles. The number of ether oxygens (including phenoxy) is 1. The predicted molar refractivity (Wildman–Crippen MR) is 226 cm³/mol. The van der Waals surface area contributed by atoms with Crippen LogP contribution in [0.1, 0.15) is 106 Å². The van der Waals surface area contributed by atoms with Crippen LogP contribution in [-0.4, -0.2) is 125 Å². The summed E-state index contributed by atoms with van der Waals surface area (Å²) in [5.41, 5.74) is 2.94. The number of benzene rings is 3. The Balaban J connectivity index is 0.788. The summed E-state index contributed by atoms with van der Waals surface area (Å²) < 4.78 is 6.12. The standard InChI is InChI=1S/C46H50ClN7O7/c1-28-3-9-35(23-29(2)61-36-11-8-33(26-48)39(47)25-36)53(28)44(58)32-6-4-31(5-7-32)43(57)52-21-19-50(20-22-52)27-30-15-17-51(18-16-30)34-10-12-37-38(24-34)46(60)54(45(37)59)40-13-14-41(55)49-42(40)56/h4-8,10-12,24-25,28-30,35,40H,3,9,13-23,27H2,1-2H3,(H,49,55,56). The van der Waals surface area contributed by atoms with Gasteiger partial charge in [-0.15, -0.1) is 0 Å².